The van der Waals surface area contributed by atoms with Crippen LogP contribution in [0.1, 0.15) is 30.3 Å². The monoisotopic (exact) mass is 364 g/mol. The molecule has 1 aromatic carbocycles. The van der Waals surface area contributed by atoms with Gasteiger partial charge in [0, 0.05) is 31.4 Å². The standard InChI is InChI=1S/C17H24N4O3S/c1-5-17(22)19-14-6-8-15(9-7-14)25(23,24)18-11-10-16-12(2)20-21(4)13(16)3/h6-9,18H,5,10-11H2,1-4H3,(H,19,22). The fraction of sp³-hybridized carbons (Fsp3) is 0.412. The third-order valence-corrected chi connectivity index (χ3v) is 5.57. The first-order chi connectivity index (χ1) is 11.7. The number of benzene rings is 1. The number of carbonyl (C=O) groups is 1. The fourth-order valence-electron chi connectivity index (χ4n) is 2.54. The molecule has 7 nitrogen and oxygen atoms in total. The number of hydrogen-bond acceptors (Lipinski definition) is 4. The number of carbonyl (C=O) groups excluding carboxylic acids is 1. The summed E-state index contributed by atoms with van der Waals surface area (Å²) < 4.78 is 29.1. The van der Waals surface area contributed by atoms with E-state index in [2.05, 4.69) is 15.1 Å². The molecule has 0 fully saturated rings. The summed E-state index contributed by atoms with van der Waals surface area (Å²) in [4.78, 5) is 11.5. The molecule has 0 bridgehead atoms. The number of aromatic nitrogens is 2. The lowest BCUT2D eigenvalue weighted by Crippen LogP contribution is -2.26. The first kappa shape index (κ1) is 19.1. The van der Waals surface area contributed by atoms with Gasteiger partial charge in [-0.15, -0.1) is 0 Å². The maximum absolute atomic E-state index is 12.4. The molecule has 0 unspecified atom stereocenters. The quantitative estimate of drug-likeness (QED) is 0.785. The molecule has 1 aromatic heterocycles. The molecule has 136 valence electrons. The number of aryl methyl sites for hydroxylation is 2. The maximum Gasteiger partial charge on any atom is 0.240 e. The lowest BCUT2D eigenvalue weighted by atomic mass is 10.1. The van der Waals surface area contributed by atoms with Crippen LogP contribution in [0.3, 0.4) is 0 Å². The van der Waals surface area contributed by atoms with E-state index in [-0.39, 0.29) is 10.8 Å². The van der Waals surface area contributed by atoms with Crippen LogP contribution in [0.5, 0.6) is 0 Å². The molecular formula is C17H24N4O3S. The van der Waals surface area contributed by atoms with E-state index in [1.165, 1.54) is 12.1 Å². The zero-order valence-corrected chi connectivity index (χ0v) is 15.8. The highest BCUT2D eigenvalue weighted by atomic mass is 32.2. The van der Waals surface area contributed by atoms with Crippen LogP contribution >= 0.6 is 0 Å². The molecular weight excluding hydrogens is 340 g/mol. The second-order valence-electron chi connectivity index (χ2n) is 5.85. The average molecular weight is 364 g/mol. The highest BCUT2D eigenvalue weighted by Gasteiger charge is 2.15. The van der Waals surface area contributed by atoms with Crippen molar-refractivity contribution in [1.82, 2.24) is 14.5 Å². The van der Waals surface area contributed by atoms with Gasteiger partial charge in [-0.2, -0.15) is 5.10 Å². The van der Waals surface area contributed by atoms with Gasteiger partial charge in [0.2, 0.25) is 15.9 Å². The summed E-state index contributed by atoms with van der Waals surface area (Å²) in [6, 6.07) is 6.12. The molecule has 25 heavy (non-hydrogen) atoms. The molecule has 2 aromatic rings. The zero-order valence-electron chi connectivity index (χ0n) is 15.0. The Morgan fingerprint density at radius 3 is 2.36 bits per heavy atom. The van der Waals surface area contributed by atoms with E-state index in [4.69, 9.17) is 0 Å². The average Bonchev–Trinajstić information content (AvgIpc) is 2.81. The van der Waals surface area contributed by atoms with Gasteiger partial charge in [0.25, 0.3) is 0 Å². The first-order valence-electron chi connectivity index (χ1n) is 8.13. The Morgan fingerprint density at radius 1 is 1.20 bits per heavy atom. The van der Waals surface area contributed by atoms with Crippen LogP contribution in [-0.4, -0.2) is 30.7 Å². The zero-order chi connectivity index (χ0) is 18.6. The fourth-order valence-corrected chi connectivity index (χ4v) is 3.57. The summed E-state index contributed by atoms with van der Waals surface area (Å²) in [6.45, 7) is 5.93. The van der Waals surface area contributed by atoms with Gasteiger partial charge in [-0.1, -0.05) is 6.92 Å². The van der Waals surface area contributed by atoms with Crippen LogP contribution in [0, 0.1) is 13.8 Å². The Hall–Kier alpha value is -2.19. The number of nitrogens with zero attached hydrogens (tertiary/aromatic N) is 2. The Labute approximate surface area is 148 Å². The first-order valence-corrected chi connectivity index (χ1v) is 9.61. The summed E-state index contributed by atoms with van der Waals surface area (Å²) in [7, 11) is -1.72. The summed E-state index contributed by atoms with van der Waals surface area (Å²) >= 11 is 0. The lowest BCUT2D eigenvalue weighted by molar-refractivity contribution is -0.115. The summed E-state index contributed by atoms with van der Waals surface area (Å²) in [5, 5.41) is 7.02. The van der Waals surface area contributed by atoms with Crippen molar-refractivity contribution in [3.05, 3.63) is 41.2 Å². The van der Waals surface area contributed by atoms with Crippen molar-refractivity contribution in [1.29, 1.82) is 0 Å². The van der Waals surface area contributed by atoms with Gasteiger partial charge < -0.3 is 5.32 Å². The van der Waals surface area contributed by atoms with Crippen LogP contribution in [-0.2, 0) is 28.3 Å². The molecule has 1 amide bonds. The molecule has 0 aliphatic heterocycles. The van der Waals surface area contributed by atoms with Crippen molar-refractivity contribution in [3.8, 4) is 0 Å². The summed E-state index contributed by atoms with van der Waals surface area (Å²) in [6.07, 6.45) is 0.949. The second-order valence-corrected chi connectivity index (χ2v) is 7.61. The van der Waals surface area contributed by atoms with Crippen molar-refractivity contribution >= 4 is 21.6 Å². The van der Waals surface area contributed by atoms with Crippen molar-refractivity contribution in [3.63, 3.8) is 0 Å². The van der Waals surface area contributed by atoms with E-state index >= 15 is 0 Å². The van der Waals surface area contributed by atoms with Gasteiger partial charge in [0.15, 0.2) is 0 Å². The van der Waals surface area contributed by atoms with E-state index in [9.17, 15) is 13.2 Å². The van der Waals surface area contributed by atoms with E-state index in [1.807, 2.05) is 20.9 Å². The van der Waals surface area contributed by atoms with Crippen molar-refractivity contribution in [2.24, 2.45) is 7.05 Å². The van der Waals surface area contributed by atoms with Gasteiger partial charge in [-0.25, -0.2) is 13.1 Å². The lowest BCUT2D eigenvalue weighted by Gasteiger charge is -2.09. The van der Waals surface area contributed by atoms with Gasteiger partial charge in [0.1, 0.15) is 0 Å². The second kappa shape index (κ2) is 7.79. The number of rotatable bonds is 7. The Kier molecular flexibility index (Phi) is 5.97. The molecule has 0 saturated heterocycles. The molecule has 0 spiro atoms. The SMILES string of the molecule is CCC(=O)Nc1ccc(S(=O)(=O)NCCc2c(C)nn(C)c2C)cc1. The minimum Gasteiger partial charge on any atom is -0.326 e. The molecule has 2 rings (SSSR count). The van der Waals surface area contributed by atoms with Crippen LogP contribution in [0.2, 0.25) is 0 Å². The normalized spacial score (nSPS) is 11.5. The summed E-state index contributed by atoms with van der Waals surface area (Å²) in [5.41, 5.74) is 3.58. The van der Waals surface area contributed by atoms with Gasteiger partial charge in [-0.3, -0.25) is 9.48 Å². The molecule has 8 heteroatoms. The maximum atomic E-state index is 12.4. The smallest absolute Gasteiger partial charge is 0.240 e. The van der Waals surface area contributed by atoms with Gasteiger partial charge in [-0.05, 0) is 50.1 Å². The number of hydrogen-bond donors (Lipinski definition) is 2. The Morgan fingerprint density at radius 2 is 1.84 bits per heavy atom. The van der Waals surface area contributed by atoms with E-state index < -0.39 is 10.0 Å². The molecule has 0 radical (unpaired) electrons. The van der Waals surface area contributed by atoms with Crippen LogP contribution in [0.4, 0.5) is 5.69 Å². The predicted octanol–water partition coefficient (Wildman–Crippen LogP) is 1.91. The molecule has 0 atom stereocenters. The molecule has 0 aliphatic carbocycles. The third kappa shape index (κ3) is 4.67. The van der Waals surface area contributed by atoms with Gasteiger partial charge in [0.05, 0.1) is 10.6 Å². The minimum absolute atomic E-state index is 0.115. The number of anilines is 1. The highest BCUT2D eigenvalue weighted by Crippen LogP contribution is 2.15. The number of sulfonamides is 1. The van der Waals surface area contributed by atoms with Crippen LogP contribution in [0.15, 0.2) is 29.2 Å². The van der Waals surface area contributed by atoms with Crippen molar-refractivity contribution in [2.45, 2.75) is 38.5 Å². The van der Waals surface area contributed by atoms with E-state index in [0.29, 0.717) is 25.1 Å². The topological polar surface area (TPSA) is 93.1 Å². The largest absolute Gasteiger partial charge is 0.326 e. The molecule has 2 N–H and O–H groups in total. The van der Waals surface area contributed by atoms with Crippen molar-refractivity contribution < 1.29 is 13.2 Å². The molecule has 1 heterocycles. The van der Waals surface area contributed by atoms with Crippen LogP contribution in [0.25, 0.3) is 0 Å². The van der Waals surface area contributed by atoms with Crippen LogP contribution < -0.4 is 10.0 Å². The number of nitrogens with one attached hydrogen (secondary N) is 2. The predicted molar refractivity (Wildman–Crippen MR) is 96.9 cm³/mol. The third-order valence-electron chi connectivity index (χ3n) is 4.10. The van der Waals surface area contributed by atoms with E-state index in [0.717, 1.165) is 17.0 Å². The molecule has 0 aliphatic rings. The van der Waals surface area contributed by atoms with Gasteiger partial charge >= 0.3 is 0 Å². The number of amides is 1. The Balaban J connectivity index is 2.00. The summed E-state index contributed by atoms with van der Waals surface area (Å²) in [5.74, 6) is -0.115. The van der Waals surface area contributed by atoms with E-state index in [1.54, 1.807) is 23.7 Å². The minimum atomic E-state index is -3.59. The molecule has 0 saturated carbocycles. The Bertz CT molecular complexity index is 855. The van der Waals surface area contributed by atoms with Crippen molar-refractivity contribution in [2.75, 3.05) is 11.9 Å². The highest BCUT2D eigenvalue weighted by molar-refractivity contribution is 7.89.